The summed E-state index contributed by atoms with van der Waals surface area (Å²) in [6, 6.07) is 32.9. The van der Waals surface area contributed by atoms with Gasteiger partial charge in [-0.2, -0.15) is 14.0 Å². The molecule has 4 heterocycles. The second kappa shape index (κ2) is 10.8. The zero-order valence-electron chi connectivity index (χ0n) is 25.2. The summed E-state index contributed by atoms with van der Waals surface area (Å²) in [5, 5.41) is 20.1. The molecule has 1 N–H and O–H groups in total. The molecule has 4 aromatic carbocycles. The highest BCUT2D eigenvalue weighted by molar-refractivity contribution is 7.21. The molecule has 7 aromatic rings. The van der Waals surface area contributed by atoms with Crippen molar-refractivity contribution in [3.63, 3.8) is 0 Å². The van der Waals surface area contributed by atoms with Crippen LogP contribution in [0, 0.1) is 18.3 Å². The second-order valence-corrected chi connectivity index (χ2v) is 14.9. The Morgan fingerprint density at radius 3 is 2.49 bits per heavy atom. The highest BCUT2D eigenvalue weighted by atomic mass is 32.1. The van der Waals surface area contributed by atoms with Crippen molar-refractivity contribution in [3.8, 4) is 38.1 Å². The van der Waals surface area contributed by atoms with Gasteiger partial charge in [0.05, 0.1) is 17.3 Å². The van der Waals surface area contributed by atoms with Crippen LogP contribution in [0.5, 0.6) is 0 Å². The van der Waals surface area contributed by atoms with Gasteiger partial charge in [0, 0.05) is 54.3 Å². The van der Waals surface area contributed by atoms with E-state index in [4.69, 9.17) is 8.75 Å². The largest absolute Gasteiger partial charge is 0.477 e. The standard InChI is InChI=1S/C38H26N4O2S3/c1-20-16-22(17-28-29(19-39)37(38(43)44)46-36(20)28)32-14-15-33(45-32)27-13-12-24(34-35(27)41-47-40-34)21-10-11-26-25-8-5-9-30(25)42(31(26)18-21)23-6-3-2-4-7-23/h2-4,6-7,10-18,25,30H,5,8-9H2,1H3,(H,43,44). The van der Waals surface area contributed by atoms with E-state index in [1.54, 1.807) is 11.3 Å². The highest BCUT2D eigenvalue weighted by Crippen LogP contribution is 2.53. The van der Waals surface area contributed by atoms with Crippen molar-refractivity contribution in [2.45, 2.75) is 38.1 Å². The maximum Gasteiger partial charge on any atom is 0.347 e. The van der Waals surface area contributed by atoms with Crippen LogP contribution in [0.4, 0.5) is 11.4 Å². The molecule has 2 unspecified atom stereocenters. The average molecular weight is 667 g/mol. The molecule has 9 rings (SSSR count). The van der Waals surface area contributed by atoms with E-state index in [0.717, 1.165) is 53.3 Å². The number of carboxylic acids is 1. The number of fused-ring (bicyclic) bond motifs is 5. The molecule has 3 aromatic heterocycles. The van der Waals surface area contributed by atoms with Crippen LogP contribution in [0.25, 0.3) is 53.1 Å². The predicted molar refractivity (Wildman–Crippen MR) is 192 cm³/mol. The van der Waals surface area contributed by atoms with Gasteiger partial charge in [-0.3, -0.25) is 0 Å². The van der Waals surface area contributed by atoms with Gasteiger partial charge < -0.3 is 10.0 Å². The lowest BCUT2D eigenvalue weighted by Crippen LogP contribution is -2.26. The SMILES string of the molecule is Cc1cc(-c2ccc(-c3ccc(-c4ccc5c(c4)N(c4ccccc4)C4CCCC54)c4nsnc34)s2)cc2c(C#N)c(C(=O)O)sc12. The zero-order chi connectivity index (χ0) is 31.8. The first-order chi connectivity index (χ1) is 23.0. The first-order valence-corrected chi connectivity index (χ1v) is 17.9. The van der Waals surface area contributed by atoms with Crippen LogP contribution >= 0.6 is 34.4 Å². The number of carboxylic acid groups (broad SMARTS) is 1. The molecule has 228 valence electrons. The Morgan fingerprint density at radius 1 is 0.894 bits per heavy atom. The monoisotopic (exact) mass is 666 g/mol. The van der Waals surface area contributed by atoms with E-state index in [9.17, 15) is 15.2 Å². The Balaban J connectivity index is 1.10. The molecule has 9 heteroatoms. The number of nitriles is 1. The third-order valence-corrected chi connectivity index (χ3v) is 12.7. The number of aryl methyl sites for hydroxylation is 1. The Labute approximate surface area is 283 Å². The molecule has 1 aliphatic carbocycles. The van der Waals surface area contributed by atoms with E-state index >= 15 is 0 Å². The lowest BCUT2D eigenvalue weighted by Gasteiger charge is -2.27. The smallest absolute Gasteiger partial charge is 0.347 e. The number of hydrogen-bond donors (Lipinski definition) is 1. The van der Waals surface area contributed by atoms with Gasteiger partial charge in [-0.15, -0.1) is 22.7 Å². The highest BCUT2D eigenvalue weighted by Gasteiger charge is 2.42. The summed E-state index contributed by atoms with van der Waals surface area (Å²) in [4.78, 5) is 16.6. The summed E-state index contributed by atoms with van der Waals surface area (Å²) in [5.74, 6) is -0.493. The van der Waals surface area contributed by atoms with E-state index in [0.29, 0.717) is 17.3 Å². The van der Waals surface area contributed by atoms with Crippen molar-refractivity contribution < 1.29 is 9.90 Å². The van der Waals surface area contributed by atoms with E-state index in [2.05, 4.69) is 89.8 Å². The van der Waals surface area contributed by atoms with E-state index in [1.165, 1.54) is 59.3 Å². The van der Waals surface area contributed by atoms with Crippen molar-refractivity contribution in [3.05, 3.63) is 106 Å². The summed E-state index contributed by atoms with van der Waals surface area (Å²) < 4.78 is 10.4. The van der Waals surface area contributed by atoms with Crippen molar-refractivity contribution in [2.24, 2.45) is 0 Å². The molecule has 1 fully saturated rings. The lowest BCUT2D eigenvalue weighted by molar-refractivity contribution is 0.0702. The summed E-state index contributed by atoms with van der Waals surface area (Å²) in [6.45, 7) is 1.97. The summed E-state index contributed by atoms with van der Waals surface area (Å²) in [5.41, 5.74) is 11.2. The molecule has 0 saturated heterocycles. The Bertz CT molecular complexity index is 2430. The number of hydrogen-bond acceptors (Lipinski definition) is 8. The third-order valence-electron chi connectivity index (χ3n) is 9.70. The van der Waals surface area contributed by atoms with Crippen LogP contribution in [0.3, 0.4) is 0 Å². The van der Waals surface area contributed by atoms with E-state index in [-0.39, 0.29) is 10.4 Å². The van der Waals surface area contributed by atoms with Crippen LogP contribution in [-0.2, 0) is 0 Å². The normalized spacial score (nSPS) is 16.9. The van der Waals surface area contributed by atoms with Gasteiger partial charge in [0.15, 0.2) is 0 Å². The number of carbonyl (C=O) groups is 1. The number of nitrogens with zero attached hydrogens (tertiary/aromatic N) is 4. The number of anilines is 2. The van der Waals surface area contributed by atoms with Crippen LogP contribution in [-0.4, -0.2) is 25.9 Å². The number of thiophene rings is 2. The summed E-state index contributed by atoms with van der Waals surface area (Å²) >= 11 is 4.06. The minimum absolute atomic E-state index is 0.0899. The quantitative estimate of drug-likeness (QED) is 0.197. The molecule has 47 heavy (non-hydrogen) atoms. The molecule has 2 atom stereocenters. The van der Waals surface area contributed by atoms with Gasteiger partial charge in [-0.05, 0) is 84.5 Å². The van der Waals surface area contributed by atoms with Gasteiger partial charge in [0.25, 0.3) is 0 Å². The van der Waals surface area contributed by atoms with E-state index in [1.807, 2.05) is 13.0 Å². The molecule has 0 bridgehead atoms. The number of benzene rings is 4. The molecular formula is C38H26N4O2S3. The summed E-state index contributed by atoms with van der Waals surface area (Å²) in [6.07, 6.45) is 3.72. The van der Waals surface area contributed by atoms with Crippen LogP contribution in [0.2, 0.25) is 0 Å². The number of para-hydroxylation sites is 1. The zero-order valence-corrected chi connectivity index (χ0v) is 27.7. The first-order valence-electron chi connectivity index (χ1n) is 15.5. The van der Waals surface area contributed by atoms with Crippen molar-refractivity contribution in [1.82, 2.24) is 8.75 Å². The lowest BCUT2D eigenvalue weighted by atomic mass is 9.94. The predicted octanol–water partition coefficient (Wildman–Crippen LogP) is 10.6. The first kappa shape index (κ1) is 28.4. The third kappa shape index (κ3) is 4.36. The average Bonchev–Trinajstić information content (AvgIpc) is 3.92. The number of aromatic carboxylic acids is 1. The van der Waals surface area contributed by atoms with Gasteiger partial charge in [0.1, 0.15) is 22.0 Å². The van der Waals surface area contributed by atoms with E-state index < -0.39 is 5.97 Å². The van der Waals surface area contributed by atoms with Crippen LogP contribution < -0.4 is 4.90 Å². The van der Waals surface area contributed by atoms with Crippen molar-refractivity contribution >= 4 is 72.9 Å². The van der Waals surface area contributed by atoms with Gasteiger partial charge in [0.2, 0.25) is 0 Å². The molecule has 2 aliphatic rings. The fourth-order valence-corrected chi connectivity index (χ4v) is 10.3. The molecule has 0 radical (unpaired) electrons. The molecule has 0 spiro atoms. The number of rotatable bonds is 5. The Kier molecular flexibility index (Phi) is 6.54. The fourth-order valence-electron chi connectivity index (χ4n) is 7.65. The minimum atomic E-state index is -1.07. The minimum Gasteiger partial charge on any atom is -0.477 e. The van der Waals surface area contributed by atoms with Crippen molar-refractivity contribution in [2.75, 3.05) is 4.90 Å². The maximum atomic E-state index is 11.8. The van der Waals surface area contributed by atoms with Crippen LogP contribution in [0.1, 0.15) is 51.5 Å². The molecule has 1 aliphatic heterocycles. The van der Waals surface area contributed by atoms with Gasteiger partial charge in [-0.25, -0.2) is 4.79 Å². The molecule has 6 nitrogen and oxygen atoms in total. The van der Waals surface area contributed by atoms with Crippen molar-refractivity contribution in [1.29, 1.82) is 5.26 Å². The number of aromatic nitrogens is 2. The molecule has 1 saturated carbocycles. The second-order valence-electron chi connectivity index (χ2n) is 12.3. The molecular weight excluding hydrogens is 641 g/mol. The Morgan fingerprint density at radius 2 is 1.68 bits per heavy atom. The maximum absolute atomic E-state index is 11.8. The Hall–Kier alpha value is -4.88. The fraction of sp³-hybridized carbons (Fsp3) is 0.158. The van der Waals surface area contributed by atoms with Gasteiger partial charge in [-0.1, -0.05) is 48.9 Å². The van der Waals surface area contributed by atoms with Crippen LogP contribution in [0.15, 0.2) is 84.9 Å². The molecule has 0 amide bonds. The summed E-state index contributed by atoms with van der Waals surface area (Å²) in [7, 11) is 0. The van der Waals surface area contributed by atoms with Gasteiger partial charge >= 0.3 is 5.97 Å². The topological polar surface area (TPSA) is 90.1 Å².